The van der Waals surface area contributed by atoms with Crippen LogP contribution in [-0.4, -0.2) is 26.1 Å². The van der Waals surface area contributed by atoms with Crippen molar-refractivity contribution in [3.63, 3.8) is 0 Å². The minimum Gasteiger partial charge on any atom is -0.350 e. The van der Waals surface area contributed by atoms with E-state index in [1.807, 2.05) is 20.8 Å². The molecule has 0 atom stereocenters. The Bertz CT molecular complexity index is 441. The summed E-state index contributed by atoms with van der Waals surface area (Å²) in [5.74, 6) is 0.0382. The molecule has 0 aliphatic rings. The fourth-order valence-corrected chi connectivity index (χ4v) is 3.07. The summed E-state index contributed by atoms with van der Waals surface area (Å²) < 4.78 is 0. The van der Waals surface area contributed by atoms with Gasteiger partial charge in [-0.3, -0.25) is 4.79 Å². The lowest BCUT2D eigenvalue weighted by Crippen LogP contribution is -2.44. The molecule has 1 rings (SSSR count). The van der Waals surface area contributed by atoms with Gasteiger partial charge in [0, 0.05) is 12.1 Å². The van der Waals surface area contributed by atoms with Gasteiger partial charge in [-0.25, -0.2) is 0 Å². The van der Waals surface area contributed by atoms with Gasteiger partial charge in [-0.2, -0.15) is 0 Å². The van der Waals surface area contributed by atoms with Gasteiger partial charge < -0.3 is 10.6 Å². The average Bonchev–Trinajstić information content (AvgIpc) is 2.26. The van der Waals surface area contributed by atoms with E-state index in [-0.39, 0.29) is 11.4 Å². The maximum absolute atomic E-state index is 11.7. The normalized spacial score (nSPS) is 12.3. The SMILES string of the molecule is CC(C)(C)NC(=O)CNCc1ccc([Si](C)(C)C)cc1. The van der Waals surface area contributed by atoms with Gasteiger partial charge >= 0.3 is 0 Å². The molecule has 3 nitrogen and oxygen atoms in total. The quantitative estimate of drug-likeness (QED) is 0.817. The molecule has 0 heterocycles. The minimum absolute atomic E-state index is 0.0382. The maximum Gasteiger partial charge on any atom is 0.234 e. The van der Waals surface area contributed by atoms with E-state index in [0.29, 0.717) is 6.54 Å². The smallest absolute Gasteiger partial charge is 0.234 e. The Morgan fingerprint density at radius 2 is 1.65 bits per heavy atom. The summed E-state index contributed by atoms with van der Waals surface area (Å²) in [4.78, 5) is 11.7. The van der Waals surface area contributed by atoms with E-state index in [9.17, 15) is 4.79 Å². The highest BCUT2D eigenvalue weighted by molar-refractivity contribution is 6.88. The topological polar surface area (TPSA) is 41.1 Å². The zero-order valence-corrected chi connectivity index (χ0v) is 14.6. The van der Waals surface area contributed by atoms with E-state index >= 15 is 0 Å². The van der Waals surface area contributed by atoms with Crippen LogP contribution in [0.25, 0.3) is 0 Å². The summed E-state index contributed by atoms with van der Waals surface area (Å²) in [6, 6.07) is 8.75. The van der Waals surface area contributed by atoms with Crippen molar-refractivity contribution in [3.05, 3.63) is 29.8 Å². The van der Waals surface area contributed by atoms with Crippen molar-refractivity contribution in [1.29, 1.82) is 0 Å². The second-order valence-electron chi connectivity index (χ2n) is 7.35. The van der Waals surface area contributed by atoms with Crippen LogP contribution in [0.2, 0.25) is 19.6 Å². The van der Waals surface area contributed by atoms with Crippen molar-refractivity contribution in [1.82, 2.24) is 10.6 Å². The molecule has 0 saturated heterocycles. The van der Waals surface area contributed by atoms with Crippen LogP contribution < -0.4 is 15.8 Å². The number of rotatable bonds is 5. The highest BCUT2D eigenvalue weighted by Gasteiger charge is 2.15. The van der Waals surface area contributed by atoms with Crippen molar-refractivity contribution in [2.24, 2.45) is 0 Å². The zero-order chi connectivity index (χ0) is 15.4. The molecule has 0 aliphatic heterocycles. The molecule has 0 spiro atoms. The third kappa shape index (κ3) is 6.35. The van der Waals surface area contributed by atoms with Gasteiger partial charge in [0.2, 0.25) is 5.91 Å². The van der Waals surface area contributed by atoms with Crippen LogP contribution in [0.3, 0.4) is 0 Å². The summed E-state index contributed by atoms with van der Waals surface area (Å²) in [5.41, 5.74) is 1.05. The van der Waals surface area contributed by atoms with Crippen LogP contribution >= 0.6 is 0 Å². The summed E-state index contributed by atoms with van der Waals surface area (Å²) in [6.07, 6.45) is 0. The van der Waals surface area contributed by atoms with Crippen molar-refractivity contribution in [2.75, 3.05) is 6.54 Å². The maximum atomic E-state index is 11.7. The first-order valence-corrected chi connectivity index (χ1v) is 10.7. The van der Waals surface area contributed by atoms with Crippen molar-refractivity contribution >= 4 is 19.2 Å². The molecule has 1 aromatic rings. The molecule has 1 amide bonds. The van der Waals surface area contributed by atoms with Crippen molar-refractivity contribution in [3.8, 4) is 0 Å². The molecule has 0 unspecified atom stereocenters. The van der Waals surface area contributed by atoms with E-state index in [4.69, 9.17) is 0 Å². The van der Waals surface area contributed by atoms with Crippen LogP contribution in [0.5, 0.6) is 0 Å². The van der Waals surface area contributed by atoms with E-state index in [2.05, 4.69) is 54.5 Å². The second kappa shape index (κ2) is 6.55. The highest BCUT2D eigenvalue weighted by Crippen LogP contribution is 2.04. The standard InChI is InChI=1S/C16H28N2OSi/c1-16(2,3)18-15(19)12-17-11-13-7-9-14(10-8-13)20(4,5)6/h7-10,17H,11-12H2,1-6H3,(H,18,19). The lowest BCUT2D eigenvalue weighted by atomic mass is 10.1. The Kier molecular flexibility index (Phi) is 5.54. The second-order valence-corrected chi connectivity index (χ2v) is 12.4. The molecule has 0 fully saturated rings. The molecular formula is C16H28N2OSi. The molecule has 0 bridgehead atoms. The largest absolute Gasteiger partial charge is 0.350 e. The fourth-order valence-electron chi connectivity index (χ4n) is 1.91. The number of hydrogen-bond donors (Lipinski definition) is 2. The number of carbonyl (C=O) groups is 1. The van der Waals surface area contributed by atoms with Crippen molar-refractivity contribution < 1.29 is 4.79 Å². The lowest BCUT2D eigenvalue weighted by Gasteiger charge is -2.20. The van der Waals surface area contributed by atoms with Crippen LogP contribution in [0.15, 0.2) is 24.3 Å². The summed E-state index contributed by atoms with van der Waals surface area (Å²) in [7, 11) is -1.22. The Morgan fingerprint density at radius 3 is 2.10 bits per heavy atom. The predicted molar refractivity (Wildman–Crippen MR) is 89.0 cm³/mol. The number of amides is 1. The predicted octanol–water partition coefficient (Wildman–Crippen LogP) is 2.24. The molecule has 2 N–H and O–H groups in total. The Balaban J connectivity index is 2.42. The van der Waals surface area contributed by atoms with E-state index in [1.165, 1.54) is 10.8 Å². The minimum atomic E-state index is -1.22. The lowest BCUT2D eigenvalue weighted by molar-refractivity contribution is -0.121. The monoisotopic (exact) mass is 292 g/mol. The van der Waals surface area contributed by atoms with Gasteiger partial charge in [0.25, 0.3) is 0 Å². The molecule has 0 saturated carbocycles. The molecular weight excluding hydrogens is 264 g/mol. The molecule has 0 radical (unpaired) electrons. The van der Waals surface area contributed by atoms with Gasteiger partial charge in [0.15, 0.2) is 0 Å². The molecule has 4 heteroatoms. The van der Waals surface area contributed by atoms with E-state index in [1.54, 1.807) is 0 Å². The van der Waals surface area contributed by atoms with Gasteiger partial charge in [0.1, 0.15) is 0 Å². The number of hydrogen-bond acceptors (Lipinski definition) is 2. The van der Waals surface area contributed by atoms with E-state index < -0.39 is 8.07 Å². The van der Waals surface area contributed by atoms with Crippen LogP contribution in [-0.2, 0) is 11.3 Å². The summed E-state index contributed by atoms with van der Waals surface area (Å²) in [6.45, 7) is 14.1. The summed E-state index contributed by atoms with van der Waals surface area (Å²) >= 11 is 0. The van der Waals surface area contributed by atoms with E-state index in [0.717, 1.165) is 6.54 Å². The van der Waals surface area contributed by atoms with Gasteiger partial charge in [-0.1, -0.05) is 49.1 Å². The first kappa shape index (κ1) is 16.9. The van der Waals surface area contributed by atoms with Crippen LogP contribution in [0.4, 0.5) is 0 Å². The Hall–Kier alpha value is -1.13. The highest BCUT2D eigenvalue weighted by atomic mass is 28.3. The third-order valence-corrected chi connectivity index (χ3v) is 5.01. The summed E-state index contributed by atoms with van der Waals surface area (Å²) in [5, 5.41) is 7.58. The van der Waals surface area contributed by atoms with Gasteiger partial charge in [-0.05, 0) is 26.3 Å². The Morgan fingerprint density at radius 1 is 1.10 bits per heavy atom. The third-order valence-electron chi connectivity index (χ3n) is 2.95. The molecule has 0 aromatic heterocycles. The fraction of sp³-hybridized carbons (Fsp3) is 0.562. The molecule has 20 heavy (non-hydrogen) atoms. The number of benzene rings is 1. The molecule has 0 aliphatic carbocycles. The van der Waals surface area contributed by atoms with Crippen LogP contribution in [0.1, 0.15) is 26.3 Å². The van der Waals surface area contributed by atoms with Gasteiger partial charge in [-0.15, -0.1) is 0 Å². The zero-order valence-electron chi connectivity index (χ0n) is 13.6. The molecule has 112 valence electrons. The van der Waals surface area contributed by atoms with Gasteiger partial charge in [0.05, 0.1) is 14.6 Å². The van der Waals surface area contributed by atoms with Crippen molar-refractivity contribution in [2.45, 2.75) is 52.5 Å². The van der Waals surface area contributed by atoms with Crippen LogP contribution in [0, 0.1) is 0 Å². The average molecular weight is 292 g/mol. The molecule has 1 aromatic carbocycles. The first-order chi connectivity index (χ1) is 9.08. The number of carbonyl (C=O) groups excluding carboxylic acids is 1. The first-order valence-electron chi connectivity index (χ1n) is 7.19. The number of nitrogens with one attached hydrogen (secondary N) is 2. The Labute approximate surface area is 124 Å².